The van der Waals surface area contributed by atoms with Crippen molar-refractivity contribution in [2.45, 2.75) is 120 Å². The lowest BCUT2D eigenvalue weighted by atomic mass is 9.97. The Balaban J connectivity index is 1.22. The number of hydrogen-bond donors (Lipinski definition) is 13. The number of aromatic nitrogens is 3. The molecular formula is C54H74N16O8. The minimum atomic E-state index is -1.34. The molecule has 0 aliphatic carbocycles. The molecule has 18 N–H and O–H groups in total. The van der Waals surface area contributed by atoms with Gasteiger partial charge in [0.05, 0.1) is 18.9 Å². The van der Waals surface area contributed by atoms with Gasteiger partial charge in [0.1, 0.15) is 36.3 Å². The largest absolute Gasteiger partial charge is 0.370 e. The number of rotatable bonds is 29. The molecule has 1 aliphatic heterocycles. The summed E-state index contributed by atoms with van der Waals surface area (Å²) in [6, 6.07) is 12.6. The molecule has 418 valence electrons. The topological polar surface area (TPSA) is 399 Å². The number of aliphatic imine (C=N–C) groups is 1. The third-order valence-corrected chi connectivity index (χ3v) is 13.7. The van der Waals surface area contributed by atoms with Gasteiger partial charge in [-0.15, -0.1) is 0 Å². The minimum absolute atomic E-state index is 0.00873. The van der Waals surface area contributed by atoms with Crippen molar-refractivity contribution in [2.24, 2.45) is 39.6 Å². The van der Waals surface area contributed by atoms with Crippen LogP contribution in [0.25, 0.3) is 21.7 Å². The number of imidazole rings is 1. The molecule has 0 saturated carbocycles. The van der Waals surface area contributed by atoms with Crippen LogP contribution in [0.2, 0.25) is 0 Å². The maximum Gasteiger partial charge on any atom is 0.245 e. The molecule has 0 spiro atoms. The van der Waals surface area contributed by atoms with Crippen molar-refractivity contribution in [3.8, 4) is 0 Å². The number of likely N-dealkylation sites (tertiary alicyclic amines) is 1. The number of nitrogens with two attached hydrogens (primary N) is 5. The van der Waals surface area contributed by atoms with E-state index in [9.17, 15) is 38.4 Å². The van der Waals surface area contributed by atoms with E-state index < -0.39 is 96.1 Å². The smallest absolute Gasteiger partial charge is 0.245 e. The number of hydrogen-bond acceptors (Lipinski definition) is 12. The highest BCUT2D eigenvalue weighted by molar-refractivity contribution is 5.98. The van der Waals surface area contributed by atoms with Crippen LogP contribution in [0.15, 0.2) is 90.4 Å². The Hall–Kier alpha value is -8.38. The van der Waals surface area contributed by atoms with E-state index in [1.807, 2.05) is 66.7 Å². The number of benzene rings is 3. The molecule has 0 radical (unpaired) electrons. The second-order valence-electron chi connectivity index (χ2n) is 19.9. The van der Waals surface area contributed by atoms with E-state index >= 15 is 0 Å². The van der Waals surface area contributed by atoms with Crippen molar-refractivity contribution in [3.63, 3.8) is 0 Å². The van der Waals surface area contributed by atoms with Crippen molar-refractivity contribution in [3.05, 3.63) is 102 Å². The minimum Gasteiger partial charge on any atom is -0.370 e. The molecule has 1 saturated heterocycles. The van der Waals surface area contributed by atoms with E-state index in [-0.39, 0.29) is 63.5 Å². The first-order valence-electron chi connectivity index (χ1n) is 26.3. The Bertz CT molecular complexity index is 2900. The number of amides is 8. The third-order valence-electron chi connectivity index (χ3n) is 13.7. The highest BCUT2D eigenvalue weighted by Crippen LogP contribution is 2.23. The normalized spacial score (nSPS) is 15.6. The highest BCUT2D eigenvalue weighted by atomic mass is 16.2. The van der Waals surface area contributed by atoms with Crippen LogP contribution in [0.3, 0.4) is 0 Å². The van der Waals surface area contributed by atoms with E-state index in [0.717, 1.165) is 27.2 Å². The fraction of sp³-hybridized carbons (Fsp3) is 0.444. The molecule has 3 aromatic carbocycles. The van der Waals surface area contributed by atoms with Gasteiger partial charge in [0.25, 0.3) is 0 Å². The number of nitrogens with one attached hydrogen (secondary N) is 8. The number of para-hydroxylation sites is 1. The summed E-state index contributed by atoms with van der Waals surface area (Å²) < 4.78 is 0. The van der Waals surface area contributed by atoms with Crippen molar-refractivity contribution < 1.29 is 38.4 Å². The molecular weight excluding hydrogens is 1000 g/mol. The highest BCUT2D eigenvalue weighted by Gasteiger charge is 2.39. The van der Waals surface area contributed by atoms with Gasteiger partial charge in [0.15, 0.2) is 5.96 Å². The lowest BCUT2D eigenvalue weighted by Crippen LogP contribution is -2.59. The van der Waals surface area contributed by atoms with Gasteiger partial charge in [0, 0.05) is 61.3 Å². The quantitative estimate of drug-likeness (QED) is 0.0160. The molecule has 3 heterocycles. The van der Waals surface area contributed by atoms with Crippen molar-refractivity contribution in [2.75, 3.05) is 26.2 Å². The number of nitrogens with zero attached hydrogens (tertiary/aromatic N) is 3. The van der Waals surface area contributed by atoms with Crippen LogP contribution in [-0.4, -0.2) is 142 Å². The first kappa shape index (κ1) is 58.9. The zero-order valence-electron chi connectivity index (χ0n) is 44.1. The molecule has 2 aromatic heterocycles. The molecule has 1 fully saturated rings. The zero-order chi connectivity index (χ0) is 56.3. The van der Waals surface area contributed by atoms with Gasteiger partial charge in [-0.05, 0) is 85.4 Å². The van der Waals surface area contributed by atoms with E-state index in [1.54, 1.807) is 20.0 Å². The van der Waals surface area contributed by atoms with Crippen LogP contribution < -0.4 is 60.6 Å². The van der Waals surface area contributed by atoms with Gasteiger partial charge in [-0.2, -0.15) is 0 Å². The summed E-state index contributed by atoms with van der Waals surface area (Å²) in [5.41, 5.74) is 31.6. The van der Waals surface area contributed by atoms with Crippen LogP contribution in [0, 0.1) is 5.92 Å². The van der Waals surface area contributed by atoms with Gasteiger partial charge < -0.3 is 75.4 Å². The third kappa shape index (κ3) is 16.6. The number of fused-ring (bicyclic) bond motifs is 2. The van der Waals surface area contributed by atoms with Gasteiger partial charge in [0.2, 0.25) is 47.3 Å². The van der Waals surface area contributed by atoms with Crippen LogP contribution in [0.4, 0.5) is 0 Å². The summed E-state index contributed by atoms with van der Waals surface area (Å²) in [5.74, 6) is -5.85. The SMILES string of the molecule is CC(C)[C@H](NC(=O)[C@@H]1CCCN1C(=O)[C@H](CCCCN)NC(=O)CNC(=O)[C@H](Cc1c[nH]c2ccccc12)NC(=O)[C@H](CCCN=C(N)N)NC(=O)[C@@H](Cc1cccc2ccccc12)NC(=O)[C@@H](N)Cc1cnc[nH]1)C(N)=O. The summed E-state index contributed by atoms with van der Waals surface area (Å²) >= 11 is 0. The number of carbonyl (C=O) groups excluding carboxylic acids is 8. The van der Waals surface area contributed by atoms with Crippen LogP contribution in [0.5, 0.6) is 0 Å². The zero-order valence-corrected chi connectivity index (χ0v) is 44.1. The fourth-order valence-electron chi connectivity index (χ4n) is 9.56. The van der Waals surface area contributed by atoms with Crippen molar-refractivity contribution in [1.29, 1.82) is 0 Å². The molecule has 7 atom stereocenters. The maximum absolute atomic E-state index is 14.7. The summed E-state index contributed by atoms with van der Waals surface area (Å²) in [4.78, 5) is 127. The summed E-state index contributed by atoms with van der Waals surface area (Å²) in [6.07, 6.45) is 6.92. The molecule has 0 unspecified atom stereocenters. The molecule has 78 heavy (non-hydrogen) atoms. The maximum atomic E-state index is 14.7. The van der Waals surface area contributed by atoms with Crippen molar-refractivity contribution >= 4 is 74.9 Å². The molecule has 0 bridgehead atoms. The standard InChI is InChI=1S/C54H74N16O8/c1-31(2)46(47(57)72)69-52(77)44-20-11-23-70(44)53(78)41(18-7-8-21-55)65-45(71)29-63-49(74)42(25-34-27-62-39-17-6-5-16-37(34)39)68-50(75)40(19-10-22-61-54(58)59)66-51(76)43(67-48(73)38(56)26-35-28-60-30-64-35)24-33-14-9-13-32-12-3-4-15-36(32)33/h3-6,9,12-17,27-28,30-31,38,40-44,46,62H,7-8,10-11,18-26,29,55-56H2,1-2H3,(H2,57,72)(H,60,64)(H,63,74)(H,65,71)(H,66,76)(H,67,73)(H,68,75)(H,69,77)(H4,58,59,61)/t38-,40-,41-,42-,43+,44-,46-/m0/s1. The predicted octanol–water partition coefficient (Wildman–Crippen LogP) is -0.746. The molecule has 24 nitrogen and oxygen atoms in total. The van der Waals surface area contributed by atoms with Gasteiger partial charge >= 0.3 is 0 Å². The van der Waals surface area contributed by atoms with Crippen LogP contribution in [-0.2, 0) is 57.6 Å². The van der Waals surface area contributed by atoms with Gasteiger partial charge in [-0.3, -0.25) is 43.3 Å². The number of H-pyrrole nitrogens is 2. The average Bonchev–Trinajstić information content (AvgIpc) is 4.25. The van der Waals surface area contributed by atoms with E-state index in [2.05, 4.69) is 51.8 Å². The van der Waals surface area contributed by atoms with Crippen LogP contribution >= 0.6 is 0 Å². The molecule has 1 aliphatic rings. The second-order valence-corrected chi connectivity index (χ2v) is 19.9. The number of aromatic amines is 2. The summed E-state index contributed by atoms with van der Waals surface area (Å²) in [6.45, 7) is 3.51. The lowest BCUT2D eigenvalue weighted by molar-refractivity contribution is -0.142. The van der Waals surface area contributed by atoms with E-state index in [0.29, 0.717) is 43.5 Å². The molecule has 5 aromatic rings. The number of unbranched alkanes of at least 4 members (excludes halogenated alkanes) is 1. The second kappa shape index (κ2) is 28.7. The Kier molecular flexibility index (Phi) is 21.6. The molecule has 8 amide bonds. The fourth-order valence-corrected chi connectivity index (χ4v) is 9.56. The van der Waals surface area contributed by atoms with Crippen molar-refractivity contribution in [1.82, 2.24) is 51.8 Å². The van der Waals surface area contributed by atoms with Crippen LogP contribution in [0.1, 0.15) is 75.6 Å². The number of primary amides is 1. The summed E-state index contributed by atoms with van der Waals surface area (Å²) in [7, 11) is 0. The van der Waals surface area contributed by atoms with E-state index in [1.165, 1.54) is 17.4 Å². The predicted molar refractivity (Wildman–Crippen MR) is 294 cm³/mol. The Morgan fingerprint density at radius 3 is 2.10 bits per heavy atom. The molecule has 24 heteroatoms. The Labute approximate surface area is 452 Å². The monoisotopic (exact) mass is 1070 g/mol. The lowest BCUT2D eigenvalue weighted by Gasteiger charge is -2.30. The van der Waals surface area contributed by atoms with Gasteiger partial charge in [-0.1, -0.05) is 74.5 Å². The average molecular weight is 1080 g/mol. The van der Waals surface area contributed by atoms with Gasteiger partial charge in [-0.25, -0.2) is 4.98 Å². The first-order chi connectivity index (χ1) is 37.4. The van der Waals surface area contributed by atoms with E-state index in [4.69, 9.17) is 28.7 Å². The molecule has 6 rings (SSSR count). The Morgan fingerprint density at radius 2 is 1.38 bits per heavy atom. The summed E-state index contributed by atoms with van der Waals surface area (Å²) in [5, 5.41) is 19.0. The number of guanidine groups is 1. The number of carbonyl (C=O) groups is 8. The Morgan fingerprint density at radius 1 is 0.718 bits per heavy atom. The first-order valence-corrected chi connectivity index (χ1v) is 26.3.